The number of carbonyl (C=O) groups excluding carboxylic acids is 1. The van der Waals surface area contributed by atoms with E-state index in [-0.39, 0.29) is 5.78 Å². The number of fused-ring (bicyclic) bond motifs is 1. The SMILES string of the molecule is O=C(Cc1ccnc2ccccc12)c1ccc(Cl)s1. The molecule has 2 nitrogen and oxygen atoms in total. The molecule has 1 aromatic carbocycles. The fourth-order valence-corrected chi connectivity index (χ4v) is 3.01. The quantitative estimate of drug-likeness (QED) is 0.669. The van der Waals surface area contributed by atoms with Crippen molar-refractivity contribution < 1.29 is 4.79 Å². The summed E-state index contributed by atoms with van der Waals surface area (Å²) in [5.74, 6) is 0.0910. The van der Waals surface area contributed by atoms with Crippen LogP contribution in [0.1, 0.15) is 15.2 Å². The molecular weight excluding hydrogens is 278 g/mol. The van der Waals surface area contributed by atoms with E-state index in [1.807, 2.05) is 30.3 Å². The Labute approximate surface area is 119 Å². The van der Waals surface area contributed by atoms with Gasteiger partial charge in [0.25, 0.3) is 0 Å². The first kappa shape index (κ1) is 12.3. The molecule has 0 unspecified atom stereocenters. The van der Waals surface area contributed by atoms with Crippen molar-refractivity contribution in [1.82, 2.24) is 4.98 Å². The Morgan fingerprint density at radius 2 is 2.00 bits per heavy atom. The molecule has 0 fully saturated rings. The van der Waals surface area contributed by atoms with Gasteiger partial charge in [0.2, 0.25) is 0 Å². The van der Waals surface area contributed by atoms with E-state index in [4.69, 9.17) is 11.6 Å². The predicted octanol–water partition coefficient (Wildman–Crippen LogP) is 4.38. The predicted molar refractivity (Wildman–Crippen MR) is 79.1 cm³/mol. The highest BCUT2D eigenvalue weighted by atomic mass is 35.5. The minimum Gasteiger partial charge on any atom is -0.293 e. The van der Waals surface area contributed by atoms with Crippen LogP contribution < -0.4 is 0 Å². The highest BCUT2D eigenvalue weighted by Crippen LogP contribution is 2.24. The van der Waals surface area contributed by atoms with Crippen LogP contribution in [0.15, 0.2) is 48.7 Å². The number of Topliss-reactive ketones (excluding diaryl/α,β-unsaturated/α-hetero) is 1. The molecule has 3 rings (SSSR count). The summed E-state index contributed by atoms with van der Waals surface area (Å²) in [4.78, 5) is 17.2. The van der Waals surface area contributed by atoms with Crippen LogP contribution in [-0.2, 0) is 6.42 Å². The summed E-state index contributed by atoms with van der Waals surface area (Å²) >= 11 is 7.18. The van der Waals surface area contributed by atoms with Crippen molar-refractivity contribution in [2.24, 2.45) is 0 Å². The Balaban J connectivity index is 1.95. The number of benzene rings is 1. The van der Waals surface area contributed by atoms with E-state index < -0.39 is 0 Å². The van der Waals surface area contributed by atoms with Crippen LogP contribution in [0.2, 0.25) is 4.34 Å². The van der Waals surface area contributed by atoms with Gasteiger partial charge < -0.3 is 0 Å². The Morgan fingerprint density at radius 1 is 1.16 bits per heavy atom. The first-order valence-corrected chi connectivity index (χ1v) is 7.04. The highest BCUT2D eigenvalue weighted by molar-refractivity contribution is 7.18. The first-order valence-electron chi connectivity index (χ1n) is 5.85. The third-order valence-electron chi connectivity index (χ3n) is 2.94. The lowest BCUT2D eigenvalue weighted by Crippen LogP contribution is -2.02. The molecule has 4 heteroatoms. The molecule has 3 aromatic rings. The summed E-state index contributed by atoms with van der Waals surface area (Å²) < 4.78 is 0.642. The highest BCUT2D eigenvalue weighted by Gasteiger charge is 2.11. The van der Waals surface area contributed by atoms with E-state index >= 15 is 0 Å². The summed E-state index contributed by atoms with van der Waals surface area (Å²) in [5.41, 5.74) is 1.91. The number of aromatic nitrogens is 1. The van der Waals surface area contributed by atoms with Crippen molar-refractivity contribution in [3.8, 4) is 0 Å². The lowest BCUT2D eigenvalue weighted by Gasteiger charge is -2.04. The van der Waals surface area contributed by atoms with Gasteiger partial charge in [0.1, 0.15) is 0 Å². The molecule has 0 saturated carbocycles. The van der Waals surface area contributed by atoms with Crippen molar-refractivity contribution in [2.75, 3.05) is 0 Å². The molecule has 94 valence electrons. The summed E-state index contributed by atoms with van der Waals surface area (Å²) in [6.07, 6.45) is 2.12. The van der Waals surface area contributed by atoms with E-state index in [1.54, 1.807) is 18.3 Å². The van der Waals surface area contributed by atoms with Gasteiger partial charge in [-0.2, -0.15) is 0 Å². The van der Waals surface area contributed by atoms with Crippen LogP contribution in [0.5, 0.6) is 0 Å². The smallest absolute Gasteiger partial charge is 0.177 e. The lowest BCUT2D eigenvalue weighted by atomic mass is 10.0. The molecule has 2 heterocycles. The number of para-hydroxylation sites is 1. The molecule has 2 aromatic heterocycles. The van der Waals surface area contributed by atoms with Crippen molar-refractivity contribution in [3.05, 3.63) is 63.4 Å². The third-order valence-corrected chi connectivity index (χ3v) is 4.21. The lowest BCUT2D eigenvalue weighted by molar-refractivity contribution is 0.0997. The number of ketones is 1. The zero-order valence-corrected chi connectivity index (χ0v) is 11.5. The van der Waals surface area contributed by atoms with Gasteiger partial charge >= 0.3 is 0 Å². The standard InChI is InChI=1S/C15H10ClNOS/c16-15-6-5-14(19-15)13(18)9-10-7-8-17-12-4-2-1-3-11(10)12/h1-8H,9H2. The van der Waals surface area contributed by atoms with Gasteiger partial charge in [-0.15, -0.1) is 11.3 Å². The zero-order valence-electron chi connectivity index (χ0n) is 9.97. The number of hydrogen-bond donors (Lipinski definition) is 0. The Kier molecular flexibility index (Phi) is 3.32. The van der Waals surface area contributed by atoms with Crippen LogP contribution in [-0.4, -0.2) is 10.8 Å². The van der Waals surface area contributed by atoms with Gasteiger partial charge in [0.05, 0.1) is 14.7 Å². The summed E-state index contributed by atoms with van der Waals surface area (Å²) in [6, 6.07) is 13.3. The van der Waals surface area contributed by atoms with Crippen LogP contribution in [0.4, 0.5) is 0 Å². The fourth-order valence-electron chi connectivity index (χ4n) is 2.03. The molecule has 0 aliphatic heterocycles. The van der Waals surface area contributed by atoms with Crippen LogP contribution >= 0.6 is 22.9 Å². The average Bonchev–Trinajstić information content (AvgIpc) is 2.86. The molecule has 0 N–H and O–H groups in total. The number of halogens is 1. The molecule has 0 aliphatic rings. The Bertz CT molecular complexity index is 745. The number of nitrogens with zero attached hydrogens (tertiary/aromatic N) is 1. The van der Waals surface area contributed by atoms with Crippen LogP contribution in [0, 0.1) is 0 Å². The molecular formula is C15H10ClNOS. The molecule has 0 aliphatic carbocycles. The number of thiophene rings is 1. The third kappa shape index (κ3) is 2.53. The van der Waals surface area contributed by atoms with Crippen molar-refractivity contribution in [2.45, 2.75) is 6.42 Å². The Hall–Kier alpha value is -1.71. The summed E-state index contributed by atoms with van der Waals surface area (Å²) in [7, 11) is 0. The Morgan fingerprint density at radius 3 is 2.79 bits per heavy atom. The molecule has 19 heavy (non-hydrogen) atoms. The van der Waals surface area contributed by atoms with Gasteiger partial charge in [-0.05, 0) is 29.8 Å². The van der Waals surface area contributed by atoms with E-state index in [0.717, 1.165) is 16.5 Å². The van der Waals surface area contributed by atoms with E-state index in [2.05, 4.69) is 4.98 Å². The zero-order chi connectivity index (χ0) is 13.2. The van der Waals surface area contributed by atoms with E-state index in [1.165, 1.54) is 11.3 Å². The second-order valence-corrected chi connectivity index (χ2v) is 5.91. The van der Waals surface area contributed by atoms with Crippen molar-refractivity contribution in [1.29, 1.82) is 0 Å². The van der Waals surface area contributed by atoms with Gasteiger partial charge in [-0.1, -0.05) is 29.8 Å². The molecule has 0 bridgehead atoms. The largest absolute Gasteiger partial charge is 0.293 e. The number of carbonyl (C=O) groups is 1. The molecule has 0 radical (unpaired) electrons. The first-order chi connectivity index (χ1) is 9.24. The van der Waals surface area contributed by atoms with Crippen LogP contribution in [0.25, 0.3) is 10.9 Å². The number of rotatable bonds is 3. The minimum absolute atomic E-state index is 0.0910. The topological polar surface area (TPSA) is 30.0 Å². The number of pyridine rings is 1. The van der Waals surface area contributed by atoms with Crippen LogP contribution in [0.3, 0.4) is 0 Å². The van der Waals surface area contributed by atoms with E-state index in [9.17, 15) is 4.79 Å². The number of hydrogen-bond acceptors (Lipinski definition) is 3. The molecule has 0 saturated heterocycles. The summed E-state index contributed by atoms with van der Waals surface area (Å²) in [5, 5.41) is 1.03. The minimum atomic E-state index is 0.0910. The van der Waals surface area contributed by atoms with E-state index in [0.29, 0.717) is 15.6 Å². The maximum absolute atomic E-state index is 12.2. The summed E-state index contributed by atoms with van der Waals surface area (Å²) in [6.45, 7) is 0. The van der Waals surface area contributed by atoms with Crippen molar-refractivity contribution >= 4 is 39.6 Å². The molecule has 0 atom stereocenters. The second kappa shape index (κ2) is 5.11. The maximum atomic E-state index is 12.2. The second-order valence-electron chi connectivity index (χ2n) is 4.19. The maximum Gasteiger partial charge on any atom is 0.177 e. The average molecular weight is 288 g/mol. The fraction of sp³-hybridized carbons (Fsp3) is 0.0667. The van der Waals surface area contributed by atoms with Gasteiger partial charge in [-0.3, -0.25) is 9.78 Å². The van der Waals surface area contributed by atoms with Crippen molar-refractivity contribution in [3.63, 3.8) is 0 Å². The van der Waals surface area contributed by atoms with Gasteiger partial charge in [-0.25, -0.2) is 0 Å². The van der Waals surface area contributed by atoms with Gasteiger partial charge in [0, 0.05) is 18.0 Å². The van der Waals surface area contributed by atoms with Gasteiger partial charge in [0.15, 0.2) is 5.78 Å². The molecule has 0 spiro atoms. The monoisotopic (exact) mass is 287 g/mol. The normalized spacial score (nSPS) is 10.8. The molecule has 0 amide bonds.